The van der Waals surface area contributed by atoms with Crippen LogP contribution in [0.15, 0.2) is 47.4 Å². The maximum Gasteiger partial charge on any atom is 0.265 e. The lowest BCUT2D eigenvalue weighted by Crippen LogP contribution is -2.14. The number of nitrogens with zero attached hydrogens (tertiary/aromatic N) is 1. The molecule has 0 fully saturated rings. The highest BCUT2D eigenvalue weighted by atomic mass is 32.2. The highest BCUT2D eigenvalue weighted by Crippen LogP contribution is 2.30. The van der Waals surface area contributed by atoms with Gasteiger partial charge in [0.25, 0.3) is 10.0 Å². The molecule has 0 saturated heterocycles. The van der Waals surface area contributed by atoms with Crippen LogP contribution in [0.5, 0.6) is 11.5 Å². The number of sulfonamides is 1. The predicted octanol–water partition coefficient (Wildman–Crippen LogP) is 2.57. The molecule has 2 aromatic rings. The fraction of sp³-hybridized carbons (Fsp3) is 0.250. The summed E-state index contributed by atoms with van der Waals surface area (Å²) in [5.41, 5.74) is 1.45. The van der Waals surface area contributed by atoms with Crippen molar-refractivity contribution in [3.8, 4) is 11.5 Å². The Kier molecular flexibility index (Phi) is 5.00. The van der Waals surface area contributed by atoms with Gasteiger partial charge in [-0.2, -0.15) is 0 Å². The summed E-state index contributed by atoms with van der Waals surface area (Å²) in [5, 5.41) is 0. The molecule has 7 heteroatoms. The molecule has 0 aromatic heterocycles. The van der Waals surface area contributed by atoms with E-state index in [4.69, 9.17) is 9.47 Å². The first-order valence-electron chi connectivity index (χ1n) is 6.89. The van der Waals surface area contributed by atoms with Crippen LogP contribution in [0.25, 0.3) is 0 Å². The van der Waals surface area contributed by atoms with Crippen LogP contribution in [0.3, 0.4) is 0 Å². The number of ether oxygens (including phenoxy) is 2. The quantitative estimate of drug-likeness (QED) is 0.878. The van der Waals surface area contributed by atoms with Gasteiger partial charge in [-0.3, -0.25) is 4.72 Å². The number of methoxy groups -OCH3 is 2. The maximum atomic E-state index is 12.6. The molecule has 0 amide bonds. The van der Waals surface area contributed by atoms with E-state index >= 15 is 0 Å². The monoisotopic (exact) mass is 336 g/mol. The summed E-state index contributed by atoms with van der Waals surface area (Å²) in [5.74, 6) is 0.692. The van der Waals surface area contributed by atoms with E-state index in [2.05, 4.69) is 4.72 Å². The van der Waals surface area contributed by atoms with Gasteiger partial charge in [0.05, 0.1) is 14.2 Å². The summed E-state index contributed by atoms with van der Waals surface area (Å²) >= 11 is 0. The Labute approximate surface area is 136 Å². The lowest BCUT2D eigenvalue weighted by molar-refractivity contribution is 0.392. The van der Waals surface area contributed by atoms with Crippen molar-refractivity contribution in [3.05, 3.63) is 42.5 Å². The molecular formula is C16H20N2O4S. The minimum absolute atomic E-state index is 0.0241. The second kappa shape index (κ2) is 6.78. The summed E-state index contributed by atoms with van der Waals surface area (Å²) < 4.78 is 38.0. The molecule has 0 bridgehead atoms. The van der Waals surface area contributed by atoms with E-state index in [1.165, 1.54) is 20.3 Å². The predicted molar refractivity (Wildman–Crippen MR) is 91.1 cm³/mol. The zero-order chi connectivity index (χ0) is 17.0. The molecule has 0 aliphatic carbocycles. The lowest BCUT2D eigenvalue weighted by Gasteiger charge is -2.15. The first kappa shape index (κ1) is 17.0. The number of hydrogen-bond donors (Lipinski definition) is 1. The molecule has 0 radical (unpaired) electrons. The molecule has 0 atom stereocenters. The normalized spacial score (nSPS) is 11.0. The molecule has 6 nitrogen and oxygen atoms in total. The van der Waals surface area contributed by atoms with Crippen molar-refractivity contribution >= 4 is 21.4 Å². The van der Waals surface area contributed by atoms with Crippen molar-refractivity contribution in [1.29, 1.82) is 0 Å². The van der Waals surface area contributed by atoms with E-state index in [9.17, 15) is 8.42 Å². The number of anilines is 2. The number of nitrogens with one attached hydrogen (secondary N) is 1. The van der Waals surface area contributed by atoms with Gasteiger partial charge in [-0.15, -0.1) is 0 Å². The molecule has 0 saturated carbocycles. The van der Waals surface area contributed by atoms with Gasteiger partial charge in [0.15, 0.2) is 0 Å². The third kappa shape index (κ3) is 3.87. The van der Waals surface area contributed by atoms with Crippen LogP contribution >= 0.6 is 0 Å². The van der Waals surface area contributed by atoms with Gasteiger partial charge in [-0.25, -0.2) is 8.42 Å². The molecule has 2 rings (SSSR count). The van der Waals surface area contributed by atoms with E-state index in [0.29, 0.717) is 11.4 Å². The van der Waals surface area contributed by atoms with Crippen molar-refractivity contribution in [3.63, 3.8) is 0 Å². The Morgan fingerprint density at radius 3 is 2.13 bits per heavy atom. The van der Waals surface area contributed by atoms with Crippen molar-refractivity contribution in [2.24, 2.45) is 0 Å². The summed E-state index contributed by atoms with van der Waals surface area (Å²) in [4.78, 5) is 1.96. The van der Waals surface area contributed by atoms with Crippen LogP contribution in [0.4, 0.5) is 11.4 Å². The first-order valence-corrected chi connectivity index (χ1v) is 8.38. The van der Waals surface area contributed by atoms with E-state index < -0.39 is 10.0 Å². The molecule has 0 spiro atoms. The van der Waals surface area contributed by atoms with Gasteiger partial charge < -0.3 is 14.4 Å². The highest BCUT2D eigenvalue weighted by molar-refractivity contribution is 7.92. The third-order valence-corrected chi connectivity index (χ3v) is 4.70. The van der Waals surface area contributed by atoms with Gasteiger partial charge in [-0.1, -0.05) is 0 Å². The van der Waals surface area contributed by atoms with E-state index in [-0.39, 0.29) is 10.6 Å². The molecule has 23 heavy (non-hydrogen) atoms. The Morgan fingerprint density at radius 1 is 0.957 bits per heavy atom. The largest absolute Gasteiger partial charge is 0.497 e. The minimum Gasteiger partial charge on any atom is -0.497 e. The number of hydrogen-bond acceptors (Lipinski definition) is 5. The van der Waals surface area contributed by atoms with Crippen LogP contribution in [0.1, 0.15) is 0 Å². The minimum atomic E-state index is -3.79. The van der Waals surface area contributed by atoms with Crippen LogP contribution in [-0.4, -0.2) is 36.7 Å². The summed E-state index contributed by atoms with van der Waals surface area (Å²) in [6.45, 7) is 0. The molecular weight excluding hydrogens is 316 g/mol. The maximum absolute atomic E-state index is 12.6. The van der Waals surface area contributed by atoms with Crippen LogP contribution in [0.2, 0.25) is 0 Å². The molecule has 0 aliphatic rings. The van der Waals surface area contributed by atoms with Crippen molar-refractivity contribution in [2.75, 3.05) is 37.9 Å². The van der Waals surface area contributed by atoms with Crippen LogP contribution in [0, 0.1) is 0 Å². The summed E-state index contributed by atoms with van der Waals surface area (Å²) in [6.07, 6.45) is 0. The Bertz CT molecular complexity index is 771. The number of benzene rings is 2. The molecule has 1 N–H and O–H groups in total. The fourth-order valence-corrected chi connectivity index (χ4v) is 3.28. The second-order valence-electron chi connectivity index (χ2n) is 5.06. The van der Waals surface area contributed by atoms with E-state index in [0.717, 1.165) is 5.69 Å². The first-order chi connectivity index (χ1) is 10.9. The van der Waals surface area contributed by atoms with Gasteiger partial charge in [-0.05, 0) is 36.4 Å². The summed E-state index contributed by atoms with van der Waals surface area (Å²) in [7, 11) is 2.94. The molecule has 0 unspecified atom stereocenters. The zero-order valence-electron chi connectivity index (χ0n) is 13.5. The Hall–Kier alpha value is -2.41. The van der Waals surface area contributed by atoms with E-state index in [1.54, 1.807) is 24.3 Å². The molecule has 124 valence electrons. The van der Waals surface area contributed by atoms with Crippen LogP contribution < -0.4 is 19.1 Å². The standard InChI is InChI=1S/C16H20N2O4S/c1-18(2)13-7-5-12(6-8-13)17-23(19,20)16-11-14(21-3)9-10-15(16)22-4/h5-11,17H,1-4H3. The van der Waals surface area contributed by atoms with Gasteiger partial charge >= 0.3 is 0 Å². The van der Waals surface area contributed by atoms with Gasteiger partial charge in [0.2, 0.25) is 0 Å². The summed E-state index contributed by atoms with van der Waals surface area (Å²) in [6, 6.07) is 11.7. The average molecular weight is 336 g/mol. The van der Waals surface area contributed by atoms with Crippen LogP contribution in [-0.2, 0) is 10.0 Å². The number of rotatable bonds is 6. The molecule has 2 aromatic carbocycles. The van der Waals surface area contributed by atoms with Crippen molar-refractivity contribution in [2.45, 2.75) is 4.90 Å². The second-order valence-corrected chi connectivity index (χ2v) is 6.71. The van der Waals surface area contributed by atoms with Gasteiger partial charge in [0, 0.05) is 31.5 Å². The highest BCUT2D eigenvalue weighted by Gasteiger charge is 2.20. The fourth-order valence-electron chi connectivity index (χ4n) is 2.03. The van der Waals surface area contributed by atoms with Crippen molar-refractivity contribution in [1.82, 2.24) is 0 Å². The smallest absolute Gasteiger partial charge is 0.265 e. The van der Waals surface area contributed by atoms with Crippen molar-refractivity contribution < 1.29 is 17.9 Å². The lowest BCUT2D eigenvalue weighted by atomic mass is 10.3. The third-order valence-electron chi connectivity index (χ3n) is 3.30. The zero-order valence-corrected chi connectivity index (χ0v) is 14.3. The van der Waals surface area contributed by atoms with Gasteiger partial charge in [0.1, 0.15) is 16.4 Å². The SMILES string of the molecule is COc1ccc(OC)c(S(=O)(=O)Nc2ccc(N(C)C)cc2)c1. The topological polar surface area (TPSA) is 67.9 Å². The molecule has 0 aliphatic heterocycles. The average Bonchev–Trinajstić information content (AvgIpc) is 2.54. The Balaban J connectivity index is 2.35. The Morgan fingerprint density at radius 2 is 1.61 bits per heavy atom. The molecule has 0 heterocycles. The van der Waals surface area contributed by atoms with E-state index in [1.807, 2.05) is 31.1 Å².